The van der Waals surface area contributed by atoms with Gasteiger partial charge in [-0.25, -0.2) is 4.79 Å². The lowest BCUT2D eigenvalue weighted by atomic mass is 9.96. The van der Waals surface area contributed by atoms with Crippen LogP contribution in [0, 0.1) is 22.0 Å². The van der Waals surface area contributed by atoms with Crippen LogP contribution in [0.15, 0.2) is 24.3 Å². The number of unbranched alkanes of at least 4 members (excludes halogenated alkanes) is 21. The van der Waals surface area contributed by atoms with Crippen molar-refractivity contribution in [1.29, 1.82) is 0 Å². The van der Waals surface area contributed by atoms with Gasteiger partial charge in [0.15, 0.2) is 0 Å². The Kier molecular flexibility index (Phi) is 39.9. The Morgan fingerprint density at radius 3 is 1.33 bits per heavy atom. The maximum atomic E-state index is 12.8. The highest BCUT2D eigenvalue weighted by Gasteiger charge is 2.18. The number of nitro groups is 1. The second-order valence-electron chi connectivity index (χ2n) is 18.9. The molecule has 2 atom stereocenters. The molecule has 0 aliphatic rings. The summed E-state index contributed by atoms with van der Waals surface area (Å²) in [7, 11) is 0. The van der Waals surface area contributed by atoms with Crippen molar-refractivity contribution in [2.45, 2.75) is 259 Å². The second kappa shape index (κ2) is 43.6. The van der Waals surface area contributed by atoms with Crippen molar-refractivity contribution >= 4 is 29.8 Å². The van der Waals surface area contributed by atoms with Crippen molar-refractivity contribution in [1.82, 2.24) is 0 Å². The Labute approximate surface area is 406 Å². The Morgan fingerprint density at radius 1 is 0.448 bits per heavy atom. The lowest BCUT2D eigenvalue weighted by Crippen LogP contribution is -2.22. The number of ether oxygens (including phenoxy) is 5. The summed E-state index contributed by atoms with van der Waals surface area (Å²) in [4.78, 5) is 61.1. The molecule has 0 saturated heterocycles. The van der Waals surface area contributed by atoms with E-state index in [1.807, 2.05) is 0 Å². The van der Waals surface area contributed by atoms with E-state index in [0.29, 0.717) is 51.0 Å². The largest absolute Gasteiger partial charge is 0.513 e. The molecule has 1 aromatic carbocycles. The van der Waals surface area contributed by atoms with Crippen molar-refractivity contribution in [2.24, 2.45) is 11.8 Å². The van der Waals surface area contributed by atoms with Crippen LogP contribution in [-0.4, -0.2) is 54.9 Å². The van der Waals surface area contributed by atoms with Gasteiger partial charge in [-0.2, -0.15) is 0 Å². The fourth-order valence-corrected chi connectivity index (χ4v) is 8.33. The van der Waals surface area contributed by atoms with Gasteiger partial charge in [-0.1, -0.05) is 169 Å². The zero-order valence-corrected chi connectivity index (χ0v) is 42.8. The number of hydrogen-bond acceptors (Lipinski definition) is 11. The molecule has 12 heteroatoms. The highest BCUT2D eigenvalue weighted by molar-refractivity contribution is 5.70. The van der Waals surface area contributed by atoms with Crippen LogP contribution in [0.3, 0.4) is 0 Å². The number of nitro benzene ring substituents is 1. The molecule has 67 heavy (non-hydrogen) atoms. The molecule has 0 heterocycles. The molecule has 12 nitrogen and oxygen atoms in total. The predicted molar refractivity (Wildman–Crippen MR) is 268 cm³/mol. The summed E-state index contributed by atoms with van der Waals surface area (Å²) < 4.78 is 27.9. The van der Waals surface area contributed by atoms with E-state index >= 15 is 0 Å². The zero-order chi connectivity index (χ0) is 49.0. The Hall–Kier alpha value is -3.70. The molecule has 0 aliphatic carbocycles. The molecule has 0 N–H and O–H groups in total. The molecular formula is C55H95NO11. The number of nitrogens with zero attached hydrogens (tertiary/aromatic N) is 1. The number of esters is 3. The minimum Gasteiger partial charge on any atom is -0.465 e. The molecule has 0 bridgehead atoms. The van der Waals surface area contributed by atoms with E-state index in [2.05, 4.69) is 27.7 Å². The van der Waals surface area contributed by atoms with E-state index in [-0.39, 0.29) is 61.0 Å². The summed E-state index contributed by atoms with van der Waals surface area (Å²) >= 11 is 0. The molecule has 0 saturated carbocycles. The molecule has 386 valence electrons. The minimum atomic E-state index is -0.943. The maximum absolute atomic E-state index is 12.8. The average molecular weight is 946 g/mol. The van der Waals surface area contributed by atoms with E-state index in [1.165, 1.54) is 121 Å². The standard InChI is InChI=1S/C55H95NO11/c1-5-9-13-16-21-27-35-50(36-28-22-17-14-10-6-2)66-54(59)39-31-24-30-38-53(58)64-45-48(46-65-55(60)67-51-42-40-49(41-43-51)56(61)62)34-26-20-18-19-23-29-37-52(57)63-44-47(32-12-8-4)33-25-15-11-7-3/h40-43,47-48,50H,5-39,44-46H2,1-4H3. The first-order chi connectivity index (χ1) is 32.6. The highest BCUT2D eigenvalue weighted by Crippen LogP contribution is 2.22. The van der Waals surface area contributed by atoms with Crippen LogP contribution in [0.5, 0.6) is 5.75 Å². The number of hydrogen-bond donors (Lipinski definition) is 0. The van der Waals surface area contributed by atoms with Crippen LogP contribution in [0.25, 0.3) is 0 Å². The summed E-state index contributed by atoms with van der Waals surface area (Å²) in [6.45, 7) is 9.49. The van der Waals surface area contributed by atoms with Gasteiger partial charge in [-0.3, -0.25) is 24.5 Å². The van der Waals surface area contributed by atoms with Gasteiger partial charge in [-0.05, 0) is 82.3 Å². The maximum Gasteiger partial charge on any atom is 0.513 e. The summed E-state index contributed by atoms with van der Waals surface area (Å²) in [6.07, 6.45) is 34.3. The van der Waals surface area contributed by atoms with Crippen LogP contribution in [0.4, 0.5) is 10.5 Å². The van der Waals surface area contributed by atoms with Crippen molar-refractivity contribution in [3.05, 3.63) is 34.4 Å². The van der Waals surface area contributed by atoms with E-state index in [1.54, 1.807) is 0 Å². The van der Waals surface area contributed by atoms with Crippen molar-refractivity contribution in [3.63, 3.8) is 0 Å². The number of carbonyl (C=O) groups is 4. The van der Waals surface area contributed by atoms with Crippen LogP contribution in [-0.2, 0) is 33.3 Å². The van der Waals surface area contributed by atoms with Gasteiger partial charge >= 0.3 is 24.1 Å². The summed E-state index contributed by atoms with van der Waals surface area (Å²) in [5.41, 5.74) is -0.122. The zero-order valence-electron chi connectivity index (χ0n) is 42.8. The topological polar surface area (TPSA) is 158 Å². The van der Waals surface area contributed by atoms with E-state index < -0.39 is 11.1 Å². The minimum absolute atomic E-state index is 0.00813. The summed E-state index contributed by atoms with van der Waals surface area (Å²) in [6, 6.07) is 5.15. The summed E-state index contributed by atoms with van der Waals surface area (Å²) in [5.74, 6) is -0.234. The van der Waals surface area contributed by atoms with Gasteiger partial charge in [0.25, 0.3) is 5.69 Å². The third-order valence-corrected chi connectivity index (χ3v) is 12.6. The molecule has 2 unspecified atom stereocenters. The van der Waals surface area contributed by atoms with E-state index in [4.69, 9.17) is 23.7 Å². The van der Waals surface area contributed by atoms with Crippen LogP contribution < -0.4 is 4.74 Å². The lowest BCUT2D eigenvalue weighted by Gasteiger charge is -2.18. The molecule has 1 aromatic rings. The Morgan fingerprint density at radius 2 is 0.821 bits per heavy atom. The Bertz CT molecular complexity index is 1370. The third kappa shape index (κ3) is 36.9. The average Bonchev–Trinajstić information content (AvgIpc) is 3.31. The van der Waals surface area contributed by atoms with Gasteiger partial charge in [-0.15, -0.1) is 0 Å². The van der Waals surface area contributed by atoms with Gasteiger partial charge in [0.05, 0.1) is 18.1 Å². The van der Waals surface area contributed by atoms with Crippen LogP contribution in [0.1, 0.15) is 252 Å². The van der Waals surface area contributed by atoms with Gasteiger partial charge in [0.1, 0.15) is 18.5 Å². The normalized spacial score (nSPS) is 12.1. The van der Waals surface area contributed by atoms with Gasteiger partial charge < -0.3 is 23.7 Å². The SMILES string of the molecule is CCCCCCCCC(CCCCCCCC)OC(=O)CCCCCC(=O)OCC(CCCCCCCCC(=O)OCC(CCCC)CCCCCC)COC(=O)Oc1ccc([N+](=O)[O-])cc1. The smallest absolute Gasteiger partial charge is 0.465 e. The van der Waals surface area contributed by atoms with Gasteiger partial charge in [0.2, 0.25) is 0 Å². The molecule has 0 aromatic heterocycles. The monoisotopic (exact) mass is 946 g/mol. The van der Waals surface area contributed by atoms with Crippen molar-refractivity contribution in [3.8, 4) is 5.75 Å². The first-order valence-electron chi connectivity index (χ1n) is 27.2. The number of carbonyl (C=O) groups excluding carboxylic acids is 4. The number of rotatable bonds is 46. The quantitative estimate of drug-likeness (QED) is 0.0153. The first kappa shape index (κ1) is 61.3. The molecule has 0 fully saturated rings. The fraction of sp³-hybridized carbons (Fsp3) is 0.818. The molecule has 0 radical (unpaired) electrons. The molecular weight excluding hydrogens is 851 g/mol. The Balaban J connectivity index is 2.51. The predicted octanol–water partition coefficient (Wildman–Crippen LogP) is 16.1. The van der Waals surface area contributed by atoms with Crippen LogP contribution >= 0.6 is 0 Å². The summed E-state index contributed by atoms with van der Waals surface area (Å²) in [5, 5.41) is 11.0. The number of benzene rings is 1. The second-order valence-corrected chi connectivity index (χ2v) is 18.9. The highest BCUT2D eigenvalue weighted by atomic mass is 16.7. The van der Waals surface area contributed by atoms with Crippen molar-refractivity contribution < 1.29 is 47.8 Å². The van der Waals surface area contributed by atoms with E-state index in [0.717, 1.165) is 83.5 Å². The molecule has 0 spiro atoms. The van der Waals surface area contributed by atoms with Crippen LogP contribution in [0.2, 0.25) is 0 Å². The van der Waals surface area contributed by atoms with Crippen molar-refractivity contribution in [2.75, 3.05) is 19.8 Å². The first-order valence-corrected chi connectivity index (χ1v) is 27.2. The molecule has 0 aliphatic heterocycles. The fourth-order valence-electron chi connectivity index (χ4n) is 8.33. The molecule has 0 amide bonds. The number of non-ortho nitro benzene ring substituents is 1. The molecule has 1 rings (SSSR count). The van der Waals surface area contributed by atoms with E-state index in [9.17, 15) is 29.3 Å². The lowest BCUT2D eigenvalue weighted by molar-refractivity contribution is -0.384. The third-order valence-electron chi connectivity index (χ3n) is 12.6. The van der Waals surface area contributed by atoms with Gasteiger partial charge in [0, 0.05) is 37.3 Å².